The summed E-state index contributed by atoms with van der Waals surface area (Å²) >= 11 is 3.47. The van der Waals surface area contributed by atoms with E-state index in [0.29, 0.717) is 6.54 Å². The number of fused-ring (bicyclic) bond motifs is 1. The van der Waals surface area contributed by atoms with E-state index in [1.54, 1.807) is 4.90 Å². The molecule has 1 aliphatic heterocycles. The number of amides is 1. The van der Waals surface area contributed by atoms with Crippen LogP contribution < -0.4 is 5.73 Å². The number of ether oxygens (including phenoxy) is 1. The molecule has 1 heterocycles. The van der Waals surface area contributed by atoms with Crippen LogP contribution in [0.3, 0.4) is 0 Å². The van der Waals surface area contributed by atoms with Crippen molar-refractivity contribution >= 4 is 22.0 Å². The van der Waals surface area contributed by atoms with E-state index in [2.05, 4.69) is 33.8 Å². The lowest BCUT2D eigenvalue weighted by Crippen LogP contribution is -2.39. The average Bonchev–Trinajstić information content (AvgIpc) is 2.38. The highest BCUT2D eigenvalue weighted by molar-refractivity contribution is 9.10. The Kier molecular flexibility index (Phi) is 6.02. The van der Waals surface area contributed by atoms with Gasteiger partial charge >= 0.3 is 6.09 Å². The molecule has 1 amide bonds. The Morgan fingerprint density at radius 1 is 1.30 bits per heavy atom. The van der Waals surface area contributed by atoms with Crippen LogP contribution in [0.2, 0.25) is 0 Å². The van der Waals surface area contributed by atoms with Crippen molar-refractivity contribution in [3.05, 3.63) is 33.8 Å². The molecule has 1 aliphatic rings. The van der Waals surface area contributed by atoms with Crippen LogP contribution in [0, 0.1) is 0 Å². The summed E-state index contributed by atoms with van der Waals surface area (Å²) in [7, 11) is 1.50. The van der Waals surface area contributed by atoms with Crippen LogP contribution in [0.1, 0.15) is 31.9 Å². The van der Waals surface area contributed by atoms with Gasteiger partial charge in [-0.15, -0.1) is 0 Å². The SMILES string of the molecule is CC(C)(C)OC(=O)N1CCc2cc(Br)ccc2C1.CN. The zero-order valence-electron chi connectivity index (χ0n) is 12.6. The summed E-state index contributed by atoms with van der Waals surface area (Å²) < 4.78 is 6.48. The minimum atomic E-state index is -0.433. The molecule has 1 aromatic rings. The molecule has 112 valence electrons. The van der Waals surface area contributed by atoms with Gasteiger partial charge in [0.25, 0.3) is 0 Å². The molecule has 0 spiro atoms. The lowest BCUT2D eigenvalue weighted by atomic mass is 10.0. The van der Waals surface area contributed by atoms with Gasteiger partial charge in [-0.1, -0.05) is 22.0 Å². The minimum Gasteiger partial charge on any atom is -0.444 e. The molecule has 0 radical (unpaired) electrons. The molecule has 0 aromatic heterocycles. The minimum absolute atomic E-state index is 0.226. The number of nitrogens with zero attached hydrogens (tertiary/aromatic N) is 1. The highest BCUT2D eigenvalue weighted by Crippen LogP contribution is 2.24. The maximum absolute atomic E-state index is 12.0. The molecule has 2 rings (SSSR count). The summed E-state index contributed by atoms with van der Waals surface area (Å²) in [5, 5.41) is 0. The van der Waals surface area contributed by atoms with E-state index in [4.69, 9.17) is 4.74 Å². The van der Waals surface area contributed by atoms with Gasteiger partial charge in [-0.25, -0.2) is 4.79 Å². The number of hydrogen-bond donors (Lipinski definition) is 1. The Bertz CT molecular complexity index is 469. The maximum atomic E-state index is 12.0. The number of nitrogens with two attached hydrogens (primary N) is 1. The molecule has 0 unspecified atom stereocenters. The highest BCUT2D eigenvalue weighted by atomic mass is 79.9. The zero-order valence-corrected chi connectivity index (χ0v) is 14.2. The first-order valence-corrected chi connectivity index (χ1v) is 7.47. The van der Waals surface area contributed by atoms with Crippen LogP contribution in [0.25, 0.3) is 0 Å². The largest absolute Gasteiger partial charge is 0.444 e. The lowest BCUT2D eigenvalue weighted by Gasteiger charge is -2.31. The quantitative estimate of drug-likeness (QED) is 0.786. The summed E-state index contributed by atoms with van der Waals surface area (Å²) in [5.41, 5.74) is 6.58. The van der Waals surface area contributed by atoms with Crippen LogP contribution in [0.4, 0.5) is 4.79 Å². The Morgan fingerprint density at radius 2 is 1.95 bits per heavy atom. The number of benzene rings is 1. The fraction of sp³-hybridized carbons (Fsp3) is 0.533. The normalized spacial score (nSPS) is 14.0. The number of rotatable bonds is 0. The van der Waals surface area contributed by atoms with Gasteiger partial charge in [0.05, 0.1) is 0 Å². The molecule has 1 aromatic carbocycles. The summed E-state index contributed by atoms with van der Waals surface area (Å²) in [5.74, 6) is 0. The van der Waals surface area contributed by atoms with Gasteiger partial charge in [-0.3, -0.25) is 0 Å². The molecule has 5 heteroatoms. The second-order valence-corrected chi connectivity index (χ2v) is 6.48. The van der Waals surface area contributed by atoms with E-state index in [-0.39, 0.29) is 6.09 Å². The van der Waals surface area contributed by atoms with E-state index in [1.807, 2.05) is 26.8 Å². The first-order chi connectivity index (χ1) is 9.35. The van der Waals surface area contributed by atoms with Crippen molar-refractivity contribution < 1.29 is 9.53 Å². The second kappa shape index (κ2) is 7.09. The topological polar surface area (TPSA) is 55.6 Å². The standard InChI is InChI=1S/C14H18BrNO2.CH5N/c1-14(2,3)18-13(17)16-7-6-10-8-12(15)5-4-11(10)9-16;1-2/h4-5,8H,6-7,9H2,1-3H3;2H2,1H3. The van der Waals surface area contributed by atoms with Crippen molar-refractivity contribution in [1.82, 2.24) is 4.90 Å². The van der Waals surface area contributed by atoms with Gasteiger partial charge in [-0.05, 0) is 57.5 Å². The molecule has 0 fully saturated rings. The number of hydrogen-bond acceptors (Lipinski definition) is 3. The van der Waals surface area contributed by atoms with Crippen molar-refractivity contribution in [2.24, 2.45) is 5.73 Å². The highest BCUT2D eigenvalue weighted by Gasteiger charge is 2.25. The first kappa shape index (κ1) is 17.0. The zero-order chi connectivity index (χ0) is 15.3. The van der Waals surface area contributed by atoms with Crippen LogP contribution in [-0.2, 0) is 17.7 Å². The molecule has 2 N–H and O–H groups in total. The van der Waals surface area contributed by atoms with Crippen molar-refractivity contribution in [2.75, 3.05) is 13.6 Å². The molecule has 0 bridgehead atoms. The molecule has 4 nitrogen and oxygen atoms in total. The van der Waals surface area contributed by atoms with Crippen molar-refractivity contribution in [2.45, 2.75) is 39.3 Å². The molecule has 0 saturated carbocycles. The fourth-order valence-corrected chi connectivity index (χ4v) is 2.41. The van der Waals surface area contributed by atoms with Crippen LogP contribution in [0.5, 0.6) is 0 Å². The first-order valence-electron chi connectivity index (χ1n) is 6.68. The summed E-state index contributed by atoms with van der Waals surface area (Å²) in [6, 6.07) is 6.20. The second-order valence-electron chi connectivity index (χ2n) is 5.56. The van der Waals surface area contributed by atoms with Gasteiger partial charge in [-0.2, -0.15) is 0 Å². The average molecular weight is 343 g/mol. The van der Waals surface area contributed by atoms with E-state index in [1.165, 1.54) is 18.2 Å². The third-order valence-corrected chi connectivity index (χ3v) is 3.33. The smallest absolute Gasteiger partial charge is 0.410 e. The van der Waals surface area contributed by atoms with E-state index < -0.39 is 5.60 Å². The van der Waals surface area contributed by atoms with Crippen LogP contribution in [-0.4, -0.2) is 30.2 Å². The molecule has 0 aliphatic carbocycles. The Hall–Kier alpha value is -1.07. The van der Waals surface area contributed by atoms with Gasteiger partial charge in [0.2, 0.25) is 0 Å². The van der Waals surface area contributed by atoms with E-state index in [9.17, 15) is 4.79 Å². The molecular weight excluding hydrogens is 320 g/mol. The molecule has 0 saturated heterocycles. The van der Waals surface area contributed by atoms with Crippen molar-refractivity contribution in [1.29, 1.82) is 0 Å². The number of carbonyl (C=O) groups is 1. The van der Waals surface area contributed by atoms with Crippen molar-refractivity contribution in [3.63, 3.8) is 0 Å². The Morgan fingerprint density at radius 3 is 2.55 bits per heavy atom. The van der Waals surface area contributed by atoms with E-state index in [0.717, 1.165) is 17.4 Å². The summed E-state index contributed by atoms with van der Waals surface area (Å²) in [4.78, 5) is 13.8. The van der Waals surface area contributed by atoms with Gasteiger partial charge in [0.1, 0.15) is 5.60 Å². The monoisotopic (exact) mass is 342 g/mol. The Balaban J connectivity index is 0.000000956. The number of carbonyl (C=O) groups excluding carboxylic acids is 1. The Labute approximate surface area is 129 Å². The molecule has 0 atom stereocenters. The lowest BCUT2D eigenvalue weighted by molar-refractivity contribution is 0.0224. The van der Waals surface area contributed by atoms with E-state index >= 15 is 0 Å². The predicted octanol–water partition coefficient (Wildman–Crippen LogP) is 3.32. The van der Waals surface area contributed by atoms with Gasteiger partial charge in [0, 0.05) is 17.6 Å². The van der Waals surface area contributed by atoms with Crippen LogP contribution in [0.15, 0.2) is 22.7 Å². The molecule has 20 heavy (non-hydrogen) atoms. The van der Waals surface area contributed by atoms with Crippen molar-refractivity contribution in [3.8, 4) is 0 Å². The predicted molar refractivity (Wildman–Crippen MR) is 84.6 cm³/mol. The molecular formula is C15H23BrN2O2. The van der Waals surface area contributed by atoms with Gasteiger partial charge < -0.3 is 15.4 Å². The summed E-state index contributed by atoms with van der Waals surface area (Å²) in [6.45, 7) is 7.02. The van der Waals surface area contributed by atoms with Gasteiger partial charge in [0.15, 0.2) is 0 Å². The maximum Gasteiger partial charge on any atom is 0.410 e. The number of halogens is 1. The third kappa shape index (κ3) is 4.80. The fourth-order valence-electron chi connectivity index (χ4n) is 2.00. The van der Waals surface area contributed by atoms with Crippen LogP contribution >= 0.6 is 15.9 Å². The summed E-state index contributed by atoms with van der Waals surface area (Å²) in [6.07, 6.45) is 0.657. The third-order valence-electron chi connectivity index (χ3n) is 2.83.